The highest BCUT2D eigenvalue weighted by atomic mass is 16.7. The SMILES string of the molecule is CC(=O)Oc1cc2c(cc1[C@@H]1C(=O)[C@H](C)CC[C@H]3C(C)(C)CCC[C@]13C)OCO2. The first-order valence-electron chi connectivity index (χ1n) is 10.8. The number of benzene rings is 1. The van der Waals surface area contributed by atoms with E-state index in [1.807, 2.05) is 13.0 Å². The van der Waals surface area contributed by atoms with Crippen LogP contribution in [0.3, 0.4) is 0 Å². The molecule has 1 aliphatic heterocycles. The van der Waals surface area contributed by atoms with Gasteiger partial charge in [0.25, 0.3) is 0 Å². The molecule has 1 heterocycles. The van der Waals surface area contributed by atoms with Gasteiger partial charge in [0, 0.05) is 24.5 Å². The number of ketones is 1. The van der Waals surface area contributed by atoms with Crippen LogP contribution in [0.15, 0.2) is 12.1 Å². The fraction of sp³-hybridized carbons (Fsp3) is 0.667. The largest absolute Gasteiger partial charge is 0.454 e. The van der Waals surface area contributed by atoms with Crippen LogP contribution in [0.4, 0.5) is 0 Å². The summed E-state index contributed by atoms with van der Waals surface area (Å²) in [5, 5.41) is 0. The molecule has 1 aromatic carbocycles. The third-order valence-corrected chi connectivity index (χ3v) is 7.66. The molecule has 2 fully saturated rings. The highest BCUT2D eigenvalue weighted by molar-refractivity contribution is 5.90. The van der Waals surface area contributed by atoms with Crippen LogP contribution < -0.4 is 14.2 Å². The first kappa shape index (κ1) is 20.2. The molecule has 29 heavy (non-hydrogen) atoms. The Labute approximate surface area is 173 Å². The van der Waals surface area contributed by atoms with Crippen molar-refractivity contribution in [2.24, 2.45) is 22.7 Å². The summed E-state index contributed by atoms with van der Waals surface area (Å²) in [5.41, 5.74) is 0.757. The maximum Gasteiger partial charge on any atom is 0.308 e. The lowest BCUT2D eigenvalue weighted by atomic mass is 9.51. The van der Waals surface area contributed by atoms with E-state index in [1.165, 1.54) is 13.3 Å². The lowest BCUT2D eigenvalue weighted by Crippen LogP contribution is -2.46. The topological polar surface area (TPSA) is 61.8 Å². The summed E-state index contributed by atoms with van der Waals surface area (Å²) in [5.74, 6) is 1.54. The van der Waals surface area contributed by atoms with Crippen molar-refractivity contribution in [3.05, 3.63) is 17.7 Å². The van der Waals surface area contributed by atoms with Crippen LogP contribution in [0, 0.1) is 22.7 Å². The van der Waals surface area contributed by atoms with Crippen molar-refractivity contribution in [3.8, 4) is 17.2 Å². The van der Waals surface area contributed by atoms with Crippen molar-refractivity contribution in [2.45, 2.75) is 72.6 Å². The second-order valence-corrected chi connectivity index (χ2v) is 10.1. The third-order valence-electron chi connectivity index (χ3n) is 7.66. The molecule has 2 aliphatic carbocycles. The predicted octanol–water partition coefficient (Wildman–Crippen LogP) is 5.26. The molecule has 0 amide bonds. The number of carbonyl (C=O) groups excluding carboxylic acids is 2. The van der Waals surface area contributed by atoms with Gasteiger partial charge in [0.15, 0.2) is 11.5 Å². The van der Waals surface area contributed by atoms with Crippen molar-refractivity contribution in [1.82, 2.24) is 0 Å². The normalized spacial score (nSPS) is 33.0. The van der Waals surface area contributed by atoms with E-state index in [1.54, 1.807) is 6.07 Å². The third kappa shape index (κ3) is 3.32. The number of ether oxygens (including phenoxy) is 3. The van der Waals surface area contributed by atoms with Crippen LogP contribution in [-0.2, 0) is 9.59 Å². The van der Waals surface area contributed by atoms with Gasteiger partial charge in [0.2, 0.25) is 6.79 Å². The van der Waals surface area contributed by atoms with Crippen LogP contribution in [0.25, 0.3) is 0 Å². The van der Waals surface area contributed by atoms with Crippen molar-refractivity contribution >= 4 is 11.8 Å². The fourth-order valence-corrected chi connectivity index (χ4v) is 6.32. The molecule has 0 unspecified atom stereocenters. The van der Waals surface area contributed by atoms with Gasteiger partial charge < -0.3 is 14.2 Å². The Kier molecular flexibility index (Phi) is 4.91. The van der Waals surface area contributed by atoms with Gasteiger partial charge in [0.1, 0.15) is 11.5 Å². The van der Waals surface area contributed by atoms with Crippen LogP contribution in [0.1, 0.15) is 78.2 Å². The number of carbonyl (C=O) groups is 2. The average Bonchev–Trinajstić information content (AvgIpc) is 3.03. The zero-order valence-electron chi connectivity index (χ0n) is 18.2. The van der Waals surface area contributed by atoms with Gasteiger partial charge in [-0.3, -0.25) is 9.59 Å². The van der Waals surface area contributed by atoms with Gasteiger partial charge in [-0.25, -0.2) is 0 Å². The van der Waals surface area contributed by atoms with Crippen molar-refractivity contribution in [1.29, 1.82) is 0 Å². The molecule has 0 N–H and O–H groups in total. The zero-order chi connectivity index (χ0) is 21.0. The minimum absolute atomic E-state index is 0.0196. The van der Waals surface area contributed by atoms with Crippen LogP contribution in [-0.4, -0.2) is 18.5 Å². The van der Waals surface area contributed by atoms with Crippen LogP contribution >= 0.6 is 0 Å². The van der Waals surface area contributed by atoms with E-state index in [0.717, 1.165) is 31.2 Å². The van der Waals surface area contributed by atoms with Crippen LogP contribution in [0.2, 0.25) is 0 Å². The minimum Gasteiger partial charge on any atom is -0.454 e. The monoisotopic (exact) mass is 400 g/mol. The Morgan fingerprint density at radius 3 is 2.48 bits per heavy atom. The Morgan fingerprint density at radius 1 is 1.10 bits per heavy atom. The summed E-state index contributed by atoms with van der Waals surface area (Å²) in [6, 6.07) is 3.60. The van der Waals surface area contributed by atoms with Crippen molar-refractivity contribution in [3.63, 3.8) is 0 Å². The van der Waals surface area contributed by atoms with Crippen molar-refractivity contribution < 1.29 is 23.8 Å². The number of hydrogen-bond acceptors (Lipinski definition) is 5. The summed E-state index contributed by atoms with van der Waals surface area (Å²) in [7, 11) is 0. The minimum atomic E-state index is -0.398. The smallest absolute Gasteiger partial charge is 0.308 e. The molecule has 158 valence electrons. The van der Waals surface area contributed by atoms with E-state index >= 15 is 0 Å². The molecule has 0 aromatic heterocycles. The first-order valence-corrected chi connectivity index (χ1v) is 10.8. The van der Waals surface area contributed by atoms with Gasteiger partial charge in [-0.15, -0.1) is 0 Å². The van der Waals surface area contributed by atoms with Gasteiger partial charge in [-0.2, -0.15) is 0 Å². The highest BCUT2D eigenvalue weighted by Crippen LogP contribution is 2.62. The highest BCUT2D eigenvalue weighted by Gasteiger charge is 2.55. The molecule has 0 bridgehead atoms. The van der Waals surface area contributed by atoms with E-state index in [9.17, 15) is 9.59 Å². The molecule has 4 rings (SSSR count). The van der Waals surface area contributed by atoms with Gasteiger partial charge in [-0.05, 0) is 48.5 Å². The summed E-state index contributed by atoms with van der Waals surface area (Å²) in [6.07, 6.45) is 5.25. The second kappa shape index (κ2) is 7.03. The molecule has 1 aromatic rings. The summed E-state index contributed by atoms with van der Waals surface area (Å²) in [6.45, 7) is 10.5. The molecule has 0 spiro atoms. The number of esters is 1. The standard InChI is InChI=1S/C24H32O5/c1-14-7-8-20-23(3,4)9-6-10-24(20,5)21(22(14)26)16-11-18-19(28-13-27-18)12-17(16)29-15(2)25/h11-12,14,20-21H,6-10,13H2,1-5H3/t14-,20+,21-,24+/m1/s1. The van der Waals surface area contributed by atoms with Crippen molar-refractivity contribution in [2.75, 3.05) is 6.79 Å². The number of rotatable bonds is 2. The predicted molar refractivity (Wildman–Crippen MR) is 109 cm³/mol. The molecule has 3 aliphatic rings. The Balaban J connectivity index is 1.90. The van der Waals surface area contributed by atoms with E-state index < -0.39 is 5.97 Å². The zero-order valence-corrected chi connectivity index (χ0v) is 18.2. The Morgan fingerprint density at radius 2 is 1.79 bits per heavy atom. The lowest BCUT2D eigenvalue weighted by Gasteiger charge is -2.53. The number of hydrogen-bond donors (Lipinski definition) is 0. The Bertz CT molecular complexity index is 842. The lowest BCUT2D eigenvalue weighted by molar-refractivity contribution is -0.133. The van der Waals surface area contributed by atoms with E-state index in [4.69, 9.17) is 14.2 Å². The van der Waals surface area contributed by atoms with E-state index in [-0.39, 0.29) is 35.2 Å². The van der Waals surface area contributed by atoms with Gasteiger partial charge >= 0.3 is 5.97 Å². The van der Waals surface area contributed by atoms with Gasteiger partial charge in [0.05, 0.1) is 5.92 Å². The maximum absolute atomic E-state index is 13.7. The molecule has 4 atom stereocenters. The molecular formula is C24H32O5. The number of Topliss-reactive ketones (excluding diaryl/α,β-unsaturated/α-hetero) is 1. The summed E-state index contributed by atoms with van der Waals surface area (Å²) in [4.78, 5) is 25.6. The Hall–Kier alpha value is -2.04. The maximum atomic E-state index is 13.7. The van der Waals surface area contributed by atoms with Crippen LogP contribution in [0.5, 0.6) is 17.2 Å². The number of fused-ring (bicyclic) bond motifs is 2. The molecule has 2 saturated carbocycles. The van der Waals surface area contributed by atoms with Gasteiger partial charge in [-0.1, -0.05) is 34.1 Å². The molecule has 5 heteroatoms. The summed E-state index contributed by atoms with van der Waals surface area (Å²) >= 11 is 0. The molecular weight excluding hydrogens is 368 g/mol. The summed E-state index contributed by atoms with van der Waals surface area (Å²) < 4.78 is 16.7. The first-order chi connectivity index (χ1) is 13.6. The fourth-order valence-electron chi connectivity index (χ4n) is 6.32. The molecule has 0 radical (unpaired) electrons. The molecule has 0 saturated heterocycles. The molecule has 5 nitrogen and oxygen atoms in total. The quantitative estimate of drug-likeness (QED) is 0.501. The second-order valence-electron chi connectivity index (χ2n) is 10.1. The van der Waals surface area contributed by atoms with E-state index in [0.29, 0.717) is 23.2 Å². The van der Waals surface area contributed by atoms with E-state index in [2.05, 4.69) is 20.8 Å². The average molecular weight is 401 g/mol.